The summed E-state index contributed by atoms with van der Waals surface area (Å²) in [6, 6.07) is 4.08. The molecular formula is C13H15ClN2OS. The van der Waals surface area contributed by atoms with Crippen LogP contribution in [0.5, 0.6) is 5.75 Å². The Labute approximate surface area is 117 Å². The molecule has 2 aliphatic rings. The molecule has 1 aromatic carbocycles. The number of hydrogen-bond acceptors (Lipinski definition) is 2. The van der Waals surface area contributed by atoms with Gasteiger partial charge in [-0.1, -0.05) is 11.6 Å². The van der Waals surface area contributed by atoms with E-state index in [1.54, 1.807) is 0 Å². The Morgan fingerprint density at radius 1 is 1.56 bits per heavy atom. The minimum absolute atomic E-state index is 0.180. The van der Waals surface area contributed by atoms with Crippen LogP contribution in [-0.4, -0.2) is 22.8 Å². The van der Waals surface area contributed by atoms with Crippen molar-refractivity contribution in [2.75, 3.05) is 7.05 Å². The molecule has 1 saturated heterocycles. The fourth-order valence-electron chi connectivity index (χ4n) is 2.70. The molecule has 0 saturated carbocycles. The minimum atomic E-state index is -0.376. The van der Waals surface area contributed by atoms with Gasteiger partial charge in [0.05, 0.1) is 6.04 Å². The summed E-state index contributed by atoms with van der Waals surface area (Å²) in [6.45, 7) is 4.09. The van der Waals surface area contributed by atoms with Gasteiger partial charge >= 0.3 is 0 Å². The predicted molar refractivity (Wildman–Crippen MR) is 76.1 cm³/mol. The first-order valence-corrected chi connectivity index (χ1v) is 6.73. The number of benzene rings is 1. The van der Waals surface area contributed by atoms with Crippen molar-refractivity contribution < 1.29 is 4.74 Å². The first-order chi connectivity index (χ1) is 8.40. The van der Waals surface area contributed by atoms with Crippen LogP contribution in [0.2, 0.25) is 5.02 Å². The smallest absolute Gasteiger partial charge is 0.184 e. The van der Waals surface area contributed by atoms with E-state index in [9.17, 15) is 0 Å². The molecule has 0 radical (unpaired) electrons. The van der Waals surface area contributed by atoms with E-state index in [4.69, 9.17) is 28.6 Å². The summed E-state index contributed by atoms with van der Waals surface area (Å²) < 4.78 is 6.20. The van der Waals surface area contributed by atoms with Gasteiger partial charge in [-0.05, 0) is 43.8 Å². The molecule has 96 valence electrons. The van der Waals surface area contributed by atoms with Crippen LogP contribution >= 0.6 is 23.8 Å². The Hall–Kier alpha value is -1.00. The van der Waals surface area contributed by atoms with E-state index in [0.717, 1.165) is 33.4 Å². The number of aryl methyl sites for hydroxylation is 1. The Morgan fingerprint density at radius 2 is 2.28 bits per heavy atom. The zero-order valence-electron chi connectivity index (χ0n) is 10.6. The van der Waals surface area contributed by atoms with Gasteiger partial charge in [0.15, 0.2) is 10.8 Å². The third-order valence-electron chi connectivity index (χ3n) is 3.86. The Morgan fingerprint density at radius 3 is 3.00 bits per heavy atom. The van der Waals surface area contributed by atoms with E-state index >= 15 is 0 Å². The summed E-state index contributed by atoms with van der Waals surface area (Å²) in [7, 11) is 1.96. The second kappa shape index (κ2) is 3.75. The molecule has 0 amide bonds. The van der Waals surface area contributed by atoms with Crippen molar-refractivity contribution in [2.45, 2.75) is 32.0 Å². The molecular weight excluding hydrogens is 268 g/mol. The standard InChI is InChI=1S/C13H15ClN2OS/c1-7-4-8(14)5-9-10-6-13(2,17-11(7)9)16(3)12(18)15-10/h4-5,10H,6H2,1-3H3,(H,15,18). The number of nitrogens with zero attached hydrogens (tertiary/aromatic N) is 1. The largest absolute Gasteiger partial charge is 0.467 e. The van der Waals surface area contributed by atoms with Gasteiger partial charge in [0.25, 0.3) is 0 Å². The molecule has 2 heterocycles. The van der Waals surface area contributed by atoms with E-state index in [-0.39, 0.29) is 11.8 Å². The Bertz CT molecular complexity index is 548. The molecule has 3 rings (SSSR count). The maximum Gasteiger partial charge on any atom is 0.184 e. The molecule has 0 aliphatic carbocycles. The van der Waals surface area contributed by atoms with Crippen molar-refractivity contribution in [3.05, 3.63) is 28.3 Å². The third kappa shape index (κ3) is 1.59. The molecule has 5 heteroatoms. The molecule has 2 bridgehead atoms. The zero-order valence-corrected chi connectivity index (χ0v) is 12.2. The number of thiocarbonyl (C=S) groups is 1. The van der Waals surface area contributed by atoms with Crippen LogP contribution in [-0.2, 0) is 0 Å². The lowest BCUT2D eigenvalue weighted by Crippen LogP contribution is -2.63. The SMILES string of the molecule is Cc1cc(Cl)cc2c1OC1(C)CC2NC(=S)N1C. The molecule has 0 aromatic heterocycles. The van der Waals surface area contributed by atoms with Crippen molar-refractivity contribution in [2.24, 2.45) is 0 Å². The first-order valence-electron chi connectivity index (χ1n) is 5.94. The highest BCUT2D eigenvalue weighted by Crippen LogP contribution is 2.45. The van der Waals surface area contributed by atoms with Crippen molar-refractivity contribution in [3.8, 4) is 5.75 Å². The van der Waals surface area contributed by atoms with Crippen LogP contribution in [0, 0.1) is 6.92 Å². The fourth-order valence-corrected chi connectivity index (χ4v) is 3.32. The summed E-state index contributed by atoms with van der Waals surface area (Å²) in [4.78, 5) is 1.98. The van der Waals surface area contributed by atoms with Crippen LogP contribution in [0.15, 0.2) is 12.1 Å². The van der Waals surface area contributed by atoms with Gasteiger partial charge in [-0.3, -0.25) is 0 Å². The highest BCUT2D eigenvalue weighted by Gasteiger charge is 2.46. The molecule has 2 aliphatic heterocycles. The van der Waals surface area contributed by atoms with E-state index in [0.29, 0.717) is 0 Å². The molecule has 3 nitrogen and oxygen atoms in total. The summed E-state index contributed by atoms with van der Waals surface area (Å²) in [5.41, 5.74) is 1.79. The van der Waals surface area contributed by atoms with Crippen LogP contribution < -0.4 is 10.1 Å². The number of fused-ring (bicyclic) bond motifs is 4. The average molecular weight is 283 g/mol. The second-order valence-corrected chi connectivity index (χ2v) is 6.01. The molecule has 2 unspecified atom stereocenters. The van der Waals surface area contributed by atoms with Crippen molar-refractivity contribution in [1.29, 1.82) is 0 Å². The monoisotopic (exact) mass is 282 g/mol. The molecule has 0 spiro atoms. The summed E-state index contributed by atoms with van der Waals surface area (Å²) >= 11 is 11.5. The summed E-state index contributed by atoms with van der Waals surface area (Å²) in [5.74, 6) is 0.931. The van der Waals surface area contributed by atoms with E-state index in [2.05, 4.69) is 12.2 Å². The Balaban J connectivity index is 2.17. The van der Waals surface area contributed by atoms with Gasteiger partial charge in [0.2, 0.25) is 0 Å². The highest BCUT2D eigenvalue weighted by molar-refractivity contribution is 7.80. The maximum atomic E-state index is 6.20. The minimum Gasteiger partial charge on any atom is -0.467 e. The van der Waals surface area contributed by atoms with Crippen LogP contribution in [0.1, 0.15) is 30.5 Å². The van der Waals surface area contributed by atoms with Gasteiger partial charge in [-0.15, -0.1) is 0 Å². The average Bonchev–Trinajstić information content (AvgIpc) is 2.28. The van der Waals surface area contributed by atoms with Crippen molar-refractivity contribution in [1.82, 2.24) is 10.2 Å². The normalized spacial score (nSPS) is 29.4. The zero-order chi connectivity index (χ0) is 13.1. The summed E-state index contributed by atoms with van der Waals surface area (Å²) in [5, 5.41) is 4.81. The van der Waals surface area contributed by atoms with Crippen molar-refractivity contribution in [3.63, 3.8) is 0 Å². The molecule has 1 aromatic rings. The van der Waals surface area contributed by atoms with Gasteiger partial charge < -0.3 is 15.0 Å². The third-order valence-corrected chi connectivity index (χ3v) is 4.47. The lowest BCUT2D eigenvalue weighted by molar-refractivity contribution is -0.0567. The van der Waals surface area contributed by atoms with Gasteiger partial charge in [0, 0.05) is 24.1 Å². The van der Waals surface area contributed by atoms with Crippen molar-refractivity contribution >= 4 is 28.9 Å². The van der Waals surface area contributed by atoms with E-state index < -0.39 is 0 Å². The number of halogens is 1. The lowest BCUT2D eigenvalue weighted by Gasteiger charge is -2.51. The topological polar surface area (TPSA) is 24.5 Å². The molecule has 1 fully saturated rings. The number of nitrogens with one attached hydrogen (secondary N) is 1. The first kappa shape index (κ1) is 12.1. The van der Waals surface area contributed by atoms with E-state index in [1.807, 2.05) is 31.0 Å². The lowest BCUT2D eigenvalue weighted by atomic mass is 9.89. The van der Waals surface area contributed by atoms with Gasteiger partial charge in [0.1, 0.15) is 5.75 Å². The summed E-state index contributed by atoms with van der Waals surface area (Å²) in [6.07, 6.45) is 0.858. The van der Waals surface area contributed by atoms with Gasteiger partial charge in [-0.25, -0.2) is 0 Å². The maximum absolute atomic E-state index is 6.20. The number of rotatable bonds is 0. The fraction of sp³-hybridized carbons (Fsp3) is 0.462. The van der Waals surface area contributed by atoms with Gasteiger partial charge in [-0.2, -0.15) is 0 Å². The number of ether oxygens (including phenoxy) is 1. The molecule has 18 heavy (non-hydrogen) atoms. The van der Waals surface area contributed by atoms with Crippen LogP contribution in [0.25, 0.3) is 0 Å². The predicted octanol–water partition coefficient (Wildman–Crippen LogP) is 3.01. The molecule has 1 N–H and O–H groups in total. The number of hydrogen-bond donors (Lipinski definition) is 1. The van der Waals surface area contributed by atoms with E-state index in [1.165, 1.54) is 0 Å². The molecule has 2 atom stereocenters. The Kier molecular flexibility index (Phi) is 2.51. The van der Waals surface area contributed by atoms with Crippen LogP contribution in [0.4, 0.5) is 0 Å². The van der Waals surface area contributed by atoms with Crippen LogP contribution in [0.3, 0.4) is 0 Å². The quantitative estimate of drug-likeness (QED) is 0.740. The second-order valence-electron chi connectivity index (χ2n) is 5.18. The highest BCUT2D eigenvalue weighted by atomic mass is 35.5.